The molecule has 0 atom stereocenters. The van der Waals surface area contributed by atoms with E-state index in [0.29, 0.717) is 17.1 Å². The van der Waals surface area contributed by atoms with Crippen LogP contribution < -0.4 is 15.4 Å². The Hall–Kier alpha value is -3.03. The average Bonchev–Trinajstić information content (AvgIpc) is 2.97. The molecule has 8 nitrogen and oxygen atoms in total. The summed E-state index contributed by atoms with van der Waals surface area (Å²) in [5, 5.41) is 11.6. The van der Waals surface area contributed by atoms with Gasteiger partial charge in [-0.2, -0.15) is 5.10 Å². The van der Waals surface area contributed by atoms with Crippen molar-refractivity contribution in [3.8, 4) is 5.75 Å². The van der Waals surface area contributed by atoms with E-state index in [2.05, 4.69) is 20.8 Å². The van der Waals surface area contributed by atoms with Crippen molar-refractivity contribution in [1.29, 1.82) is 0 Å². The fourth-order valence-electron chi connectivity index (χ4n) is 1.55. The summed E-state index contributed by atoms with van der Waals surface area (Å²) < 4.78 is 5.38. The molecule has 0 radical (unpaired) electrons. The summed E-state index contributed by atoms with van der Waals surface area (Å²) in [5.74, 6) is 0.354. The van der Waals surface area contributed by atoms with Gasteiger partial charge >= 0.3 is 6.03 Å². The highest BCUT2D eigenvalue weighted by atomic mass is 16.5. The molecule has 0 spiro atoms. The number of benzene rings is 1. The number of nitrogens with one attached hydrogen (secondary N) is 3. The molecule has 0 saturated heterocycles. The van der Waals surface area contributed by atoms with E-state index in [1.807, 2.05) is 0 Å². The maximum absolute atomic E-state index is 11.8. The highest BCUT2D eigenvalue weighted by Crippen LogP contribution is 2.17. The number of carbonyl (C=O) groups excluding carboxylic acids is 2. The van der Waals surface area contributed by atoms with Gasteiger partial charge in [0.2, 0.25) is 0 Å². The van der Waals surface area contributed by atoms with Crippen molar-refractivity contribution in [1.82, 2.24) is 15.1 Å². The molecule has 22 heavy (non-hydrogen) atoms. The number of hydrogen-bond donors (Lipinski definition) is 3. The predicted octanol–water partition coefficient (Wildman–Crippen LogP) is 1.52. The first-order valence-electron chi connectivity index (χ1n) is 6.54. The van der Waals surface area contributed by atoms with E-state index in [9.17, 15) is 9.59 Å². The molecule has 2 aromatic rings. The monoisotopic (exact) mass is 303 g/mol. The van der Waals surface area contributed by atoms with Crippen LogP contribution in [0.15, 0.2) is 36.7 Å². The molecule has 0 unspecified atom stereocenters. The number of amides is 3. The topological polar surface area (TPSA) is 99.3 Å². The number of carbonyl (C=O) groups is 2. The second kappa shape index (κ2) is 7.11. The molecular formula is C14H17N5O3. The van der Waals surface area contributed by atoms with E-state index >= 15 is 0 Å². The largest absolute Gasteiger partial charge is 0.484 e. The molecule has 1 heterocycles. The lowest BCUT2D eigenvalue weighted by Gasteiger charge is -2.12. The molecular weight excluding hydrogens is 286 g/mol. The molecule has 0 aliphatic heterocycles. The zero-order chi connectivity index (χ0) is 15.9. The van der Waals surface area contributed by atoms with Gasteiger partial charge in [0.1, 0.15) is 5.75 Å². The van der Waals surface area contributed by atoms with E-state index in [1.54, 1.807) is 44.6 Å². The standard InChI is InChI=1S/C14H17N5O3/c1-19(2)13(20)9-22-12-5-3-4-10(6-12)17-14(21)18-11-7-15-16-8-11/h3-8H,9H2,1-2H3,(H,15,16)(H2,17,18,21). The molecule has 2 rings (SSSR count). The van der Waals surface area contributed by atoms with Crippen LogP contribution in [-0.4, -0.2) is 47.7 Å². The van der Waals surface area contributed by atoms with E-state index in [-0.39, 0.29) is 12.5 Å². The number of rotatable bonds is 5. The smallest absolute Gasteiger partial charge is 0.323 e. The fraction of sp³-hybridized carbons (Fsp3) is 0.214. The van der Waals surface area contributed by atoms with Gasteiger partial charge < -0.3 is 20.3 Å². The van der Waals surface area contributed by atoms with Crippen molar-refractivity contribution in [3.05, 3.63) is 36.7 Å². The lowest BCUT2D eigenvalue weighted by molar-refractivity contribution is -0.130. The molecule has 1 aromatic heterocycles. The Morgan fingerprint density at radius 1 is 1.27 bits per heavy atom. The maximum atomic E-state index is 11.8. The third-order valence-corrected chi connectivity index (χ3v) is 2.71. The lowest BCUT2D eigenvalue weighted by Crippen LogP contribution is -2.27. The average molecular weight is 303 g/mol. The summed E-state index contributed by atoms with van der Waals surface area (Å²) in [5.41, 5.74) is 1.11. The van der Waals surface area contributed by atoms with Crippen molar-refractivity contribution in [2.75, 3.05) is 31.3 Å². The highest BCUT2D eigenvalue weighted by molar-refractivity contribution is 5.99. The highest BCUT2D eigenvalue weighted by Gasteiger charge is 2.07. The van der Waals surface area contributed by atoms with Crippen LogP contribution in [0.4, 0.5) is 16.2 Å². The number of hydrogen-bond acceptors (Lipinski definition) is 4. The lowest BCUT2D eigenvalue weighted by atomic mass is 10.3. The SMILES string of the molecule is CN(C)C(=O)COc1cccc(NC(=O)Nc2cn[nH]c2)c1. The van der Waals surface area contributed by atoms with Crippen LogP contribution in [0, 0.1) is 0 Å². The Balaban J connectivity index is 1.90. The molecule has 116 valence electrons. The summed E-state index contributed by atoms with van der Waals surface area (Å²) in [6, 6.07) is 6.39. The van der Waals surface area contributed by atoms with E-state index in [1.165, 1.54) is 11.1 Å². The Kier molecular flexibility index (Phi) is 4.97. The van der Waals surface area contributed by atoms with E-state index in [4.69, 9.17) is 4.74 Å². The number of aromatic nitrogens is 2. The van der Waals surface area contributed by atoms with Gasteiger partial charge in [0.15, 0.2) is 6.61 Å². The van der Waals surface area contributed by atoms with E-state index in [0.717, 1.165) is 0 Å². The summed E-state index contributed by atoms with van der Waals surface area (Å²) in [4.78, 5) is 24.7. The number of nitrogens with zero attached hydrogens (tertiary/aromatic N) is 2. The van der Waals surface area contributed by atoms with Gasteiger partial charge in [-0.05, 0) is 12.1 Å². The van der Waals surface area contributed by atoms with Gasteiger partial charge in [-0.25, -0.2) is 4.79 Å². The van der Waals surface area contributed by atoms with Crippen LogP contribution in [0.1, 0.15) is 0 Å². The minimum atomic E-state index is -0.400. The molecule has 3 N–H and O–H groups in total. The summed E-state index contributed by atoms with van der Waals surface area (Å²) >= 11 is 0. The minimum Gasteiger partial charge on any atom is -0.484 e. The number of aromatic amines is 1. The van der Waals surface area contributed by atoms with Crippen molar-refractivity contribution in [3.63, 3.8) is 0 Å². The molecule has 0 aliphatic carbocycles. The summed E-state index contributed by atoms with van der Waals surface area (Å²) in [6.07, 6.45) is 3.05. The van der Waals surface area contributed by atoms with Crippen LogP contribution >= 0.6 is 0 Å². The van der Waals surface area contributed by atoms with Crippen molar-refractivity contribution >= 4 is 23.3 Å². The van der Waals surface area contributed by atoms with Gasteiger partial charge in [0.05, 0.1) is 11.9 Å². The zero-order valence-electron chi connectivity index (χ0n) is 12.3. The zero-order valence-corrected chi connectivity index (χ0v) is 12.3. The third kappa shape index (κ3) is 4.51. The third-order valence-electron chi connectivity index (χ3n) is 2.71. The first-order valence-corrected chi connectivity index (χ1v) is 6.54. The van der Waals surface area contributed by atoms with Crippen LogP contribution in [0.2, 0.25) is 0 Å². The quantitative estimate of drug-likeness (QED) is 0.779. The summed E-state index contributed by atoms with van der Waals surface area (Å²) in [6.45, 7) is -0.0579. The fourth-order valence-corrected chi connectivity index (χ4v) is 1.55. The Morgan fingerprint density at radius 3 is 2.73 bits per heavy atom. The minimum absolute atomic E-state index is 0.0579. The molecule has 0 bridgehead atoms. The van der Waals surface area contributed by atoms with Gasteiger partial charge in [-0.15, -0.1) is 0 Å². The van der Waals surface area contributed by atoms with Gasteiger partial charge in [-0.1, -0.05) is 6.07 Å². The van der Waals surface area contributed by atoms with Crippen molar-refractivity contribution in [2.24, 2.45) is 0 Å². The van der Waals surface area contributed by atoms with Crippen LogP contribution in [-0.2, 0) is 4.79 Å². The Labute approximate surface area is 127 Å². The number of likely N-dealkylation sites (N-methyl/N-ethyl adjacent to an activating group) is 1. The number of anilines is 2. The Bertz CT molecular complexity index is 640. The van der Waals surface area contributed by atoms with Gasteiger partial charge in [0, 0.05) is 32.0 Å². The normalized spacial score (nSPS) is 9.91. The first-order chi connectivity index (χ1) is 10.5. The Morgan fingerprint density at radius 2 is 2.05 bits per heavy atom. The molecule has 8 heteroatoms. The van der Waals surface area contributed by atoms with Gasteiger partial charge in [-0.3, -0.25) is 9.89 Å². The van der Waals surface area contributed by atoms with Gasteiger partial charge in [0.25, 0.3) is 5.91 Å². The predicted molar refractivity (Wildman–Crippen MR) is 81.9 cm³/mol. The molecule has 0 saturated carbocycles. The van der Waals surface area contributed by atoms with E-state index < -0.39 is 6.03 Å². The molecule has 0 fully saturated rings. The number of urea groups is 1. The molecule has 0 aliphatic rings. The number of H-pyrrole nitrogens is 1. The maximum Gasteiger partial charge on any atom is 0.323 e. The second-order valence-corrected chi connectivity index (χ2v) is 4.67. The van der Waals surface area contributed by atoms with Crippen LogP contribution in [0.5, 0.6) is 5.75 Å². The second-order valence-electron chi connectivity index (χ2n) is 4.67. The first kappa shape index (κ1) is 15.4. The number of ether oxygens (including phenoxy) is 1. The molecule has 3 amide bonds. The molecule has 1 aromatic carbocycles. The summed E-state index contributed by atoms with van der Waals surface area (Å²) in [7, 11) is 3.31. The van der Waals surface area contributed by atoms with Crippen molar-refractivity contribution in [2.45, 2.75) is 0 Å². The van der Waals surface area contributed by atoms with Crippen molar-refractivity contribution < 1.29 is 14.3 Å². The van der Waals surface area contributed by atoms with Crippen LogP contribution in [0.25, 0.3) is 0 Å². The van der Waals surface area contributed by atoms with Crippen LogP contribution in [0.3, 0.4) is 0 Å².